The van der Waals surface area contributed by atoms with Gasteiger partial charge < -0.3 is 18.9 Å². The number of hydrogen-bond acceptors (Lipinski definition) is 8. The maximum absolute atomic E-state index is 15.1. The summed E-state index contributed by atoms with van der Waals surface area (Å²) in [5.74, 6) is -1.34. The van der Waals surface area contributed by atoms with Crippen LogP contribution in [0.1, 0.15) is 34.6 Å². The lowest BCUT2D eigenvalue weighted by atomic mass is 10.2. The predicted octanol–water partition coefficient (Wildman–Crippen LogP) is 8.08. The quantitative estimate of drug-likeness (QED) is 0.243. The third-order valence-corrected chi connectivity index (χ3v) is 7.40. The average Bonchev–Trinajstić information content (AvgIpc) is 3.41. The van der Waals surface area contributed by atoms with Crippen molar-refractivity contribution in [1.82, 2.24) is 15.1 Å². The van der Waals surface area contributed by atoms with E-state index in [-0.39, 0.29) is 39.6 Å². The molecule has 8 nitrogen and oxygen atoms in total. The fraction of sp³-hybridized carbons (Fsp3) is 0.423. The normalized spacial score (nSPS) is 17.0. The molecule has 222 valence electrons. The number of carbonyl (C=O) groups excluding carboxylic acids is 1. The van der Waals surface area contributed by atoms with Crippen LogP contribution in [0.25, 0.3) is 21.1 Å². The molecule has 2 aromatic carbocycles. The number of rotatable bonds is 6. The molecule has 15 heteroatoms. The molecular formula is C26H25BrClF4N3O5S. The van der Waals surface area contributed by atoms with Crippen LogP contribution in [-0.4, -0.2) is 58.1 Å². The fourth-order valence-corrected chi connectivity index (χ4v) is 5.64. The first-order chi connectivity index (χ1) is 18.9. The van der Waals surface area contributed by atoms with Gasteiger partial charge in [0.25, 0.3) is 0 Å². The molecule has 0 saturated carbocycles. The Morgan fingerprint density at radius 3 is 2.51 bits per heavy atom. The van der Waals surface area contributed by atoms with E-state index in [9.17, 15) is 18.0 Å². The highest BCUT2D eigenvalue weighted by Gasteiger charge is 2.46. The van der Waals surface area contributed by atoms with E-state index in [0.717, 1.165) is 29.5 Å². The largest absolute Gasteiger partial charge is 0.573 e. The van der Waals surface area contributed by atoms with Gasteiger partial charge in [-0.25, -0.2) is 9.18 Å². The second-order valence-corrected chi connectivity index (χ2v) is 12.8. The summed E-state index contributed by atoms with van der Waals surface area (Å²) >= 11 is 10.6. The second-order valence-electron chi connectivity index (χ2n) is 10.5. The van der Waals surface area contributed by atoms with Gasteiger partial charge in [0.15, 0.2) is 11.6 Å². The van der Waals surface area contributed by atoms with Gasteiger partial charge in [-0.3, -0.25) is 4.90 Å². The smallest absolute Gasteiger partial charge is 0.488 e. The van der Waals surface area contributed by atoms with Gasteiger partial charge >= 0.3 is 12.5 Å². The third-order valence-electron chi connectivity index (χ3n) is 5.62. The number of hydrogen-bond donors (Lipinski definition) is 0. The maximum Gasteiger partial charge on any atom is 0.573 e. The van der Waals surface area contributed by atoms with Crippen molar-refractivity contribution >= 4 is 45.0 Å². The Morgan fingerprint density at radius 1 is 1.17 bits per heavy atom. The summed E-state index contributed by atoms with van der Waals surface area (Å²) in [6.45, 7) is 8.74. The molecule has 2 heterocycles. The van der Waals surface area contributed by atoms with Crippen LogP contribution in [0.15, 0.2) is 34.8 Å². The van der Waals surface area contributed by atoms with Gasteiger partial charge in [0.05, 0.1) is 17.7 Å². The minimum absolute atomic E-state index is 0.0938. The number of amides is 1. The molecule has 0 spiro atoms. The van der Waals surface area contributed by atoms with Gasteiger partial charge in [-0.2, -0.15) is 0 Å². The summed E-state index contributed by atoms with van der Waals surface area (Å²) in [4.78, 5) is 14.2. The van der Waals surface area contributed by atoms with Crippen LogP contribution >= 0.6 is 38.9 Å². The molecule has 3 aromatic rings. The van der Waals surface area contributed by atoms with Gasteiger partial charge in [-0.05, 0) is 58.9 Å². The Bertz CT molecular complexity index is 1450. The fourth-order valence-electron chi connectivity index (χ4n) is 4.00. The van der Waals surface area contributed by atoms with E-state index in [1.165, 1.54) is 11.0 Å². The van der Waals surface area contributed by atoms with Crippen molar-refractivity contribution in [2.24, 2.45) is 0 Å². The molecule has 41 heavy (non-hydrogen) atoms. The number of carbonyl (C=O) groups is 1. The Hall–Kier alpha value is -2.68. The molecule has 1 fully saturated rings. The summed E-state index contributed by atoms with van der Waals surface area (Å²) in [6, 6.07) is 5.72. The molecular weight excluding hydrogens is 658 g/mol. The van der Waals surface area contributed by atoms with E-state index in [1.54, 1.807) is 40.7 Å². The molecule has 1 aliphatic heterocycles. The summed E-state index contributed by atoms with van der Waals surface area (Å²) in [6.07, 6.45) is -5.45. The molecule has 1 aromatic heterocycles. The van der Waals surface area contributed by atoms with Gasteiger partial charge in [0.1, 0.15) is 33.7 Å². The molecule has 1 atom stereocenters. The van der Waals surface area contributed by atoms with Crippen molar-refractivity contribution in [2.45, 2.75) is 58.3 Å². The number of halogens is 6. The number of alkyl halides is 3. The van der Waals surface area contributed by atoms with Crippen molar-refractivity contribution in [1.29, 1.82) is 0 Å². The number of ether oxygens (including phenoxy) is 4. The standard InChI is InChI=1S/C26H25BrClF4N3O5S/c1-24(2,3)40-23(36)35-15(12-38-25(35,4)5)11-37-20-10-18(28)17(9-19(20)29)22-34-33-21(41-22)13-6-14(27)8-16(7-13)39-26(30,31)32/h6-10,15H,11-12H2,1-5H3/t15-/m0/s1. The summed E-state index contributed by atoms with van der Waals surface area (Å²) < 4.78 is 74.5. The van der Waals surface area contributed by atoms with Crippen molar-refractivity contribution < 1.29 is 41.3 Å². The van der Waals surface area contributed by atoms with Crippen LogP contribution in [0.4, 0.5) is 22.4 Å². The zero-order valence-electron chi connectivity index (χ0n) is 22.4. The highest BCUT2D eigenvalue weighted by atomic mass is 79.9. The molecule has 1 amide bonds. The van der Waals surface area contributed by atoms with Crippen LogP contribution in [0.2, 0.25) is 5.02 Å². The van der Waals surface area contributed by atoms with E-state index >= 15 is 4.39 Å². The van der Waals surface area contributed by atoms with Crippen LogP contribution in [0.3, 0.4) is 0 Å². The SMILES string of the molecule is CC(C)(C)OC(=O)N1[C@@H](COc2cc(Cl)c(-c3nnc(-c4cc(Br)cc(OC(F)(F)F)c4)s3)cc2F)COC1(C)C. The summed E-state index contributed by atoms with van der Waals surface area (Å²) in [5.41, 5.74) is -1.17. The Kier molecular flexibility index (Phi) is 8.80. The second kappa shape index (κ2) is 11.5. The first-order valence-electron chi connectivity index (χ1n) is 12.1. The molecule has 1 saturated heterocycles. The number of benzene rings is 2. The van der Waals surface area contributed by atoms with Crippen molar-refractivity contribution in [3.05, 3.63) is 45.6 Å². The molecule has 0 N–H and O–H groups in total. The van der Waals surface area contributed by atoms with Crippen LogP contribution in [0.5, 0.6) is 11.5 Å². The van der Waals surface area contributed by atoms with E-state index in [2.05, 4.69) is 30.9 Å². The molecule has 0 aliphatic carbocycles. The van der Waals surface area contributed by atoms with E-state index < -0.39 is 41.4 Å². The number of aromatic nitrogens is 2. The Labute approximate surface area is 250 Å². The third kappa shape index (κ3) is 7.79. The van der Waals surface area contributed by atoms with Crippen molar-refractivity contribution in [3.63, 3.8) is 0 Å². The van der Waals surface area contributed by atoms with E-state index in [4.69, 9.17) is 25.8 Å². The van der Waals surface area contributed by atoms with Gasteiger partial charge in [0.2, 0.25) is 0 Å². The van der Waals surface area contributed by atoms with Gasteiger partial charge in [-0.15, -0.1) is 23.4 Å². The zero-order chi connectivity index (χ0) is 30.3. The predicted molar refractivity (Wildman–Crippen MR) is 148 cm³/mol. The van der Waals surface area contributed by atoms with E-state index in [0.29, 0.717) is 10.0 Å². The molecule has 0 radical (unpaired) electrons. The average molecular weight is 683 g/mol. The van der Waals surface area contributed by atoms with E-state index in [1.807, 2.05) is 0 Å². The lowest BCUT2D eigenvalue weighted by Crippen LogP contribution is -2.51. The monoisotopic (exact) mass is 681 g/mol. The molecule has 0 bridgehead atoms. The highest BCUT2D eigenvalue weighted by molar-refractivity contribution is 9.10. The van der Waals surface area contributed by atoms with Gasteiger partial charge in [-0.1, -0.05) is 38.9 Å². The lowest BCUT2D eigenvalue weighted by Gasteiger charge is -2.35. The lowest BCUT2D eigenvalue weighted by molar-refractivity contribution is -0.274. The van der Waals surface area contributed by atoms with Crippen LogP contribution in [0, 0.1) is 5.82 Å². The molecule has 4 rings (SSSR count). The molecule has 0 unspecified atom stereocenters. The van der Waals surface area contributed by atoms with Crippen molar-refractivity contribution in [2.75, 3.05) is 13.2 Å². The first kappa shape index (κ1) is 31.3. The van der Waals surface area contributed by atoms with Crippen molar-refractivity contribution in [3.8, 4) is 32.6 Å². The Morgan fingerprint density at radius 2 is 1.85 bits per heavy atom. The van der Waals surface area contributed by atoms with Crippen LogP contribution in [-0.2, 0) is 9.47 Å². The summed E-state index contributed by atoms with van der Waals surface area (Å²) in [5, 5.41) is 8.65. The number of nitrogens with zero attached hydrogens (tertiary/aromatic N) is 3. The van der Waals surface area contributed by atoms with Gasteiger partial charge in [0, 0.05) is 21.7 Å². The highest BCUT2D eigenvalue weighted by Crippen LogP contribution is 2.39. The van der Waals surface area contributed by atoms with Crippen LogP contribution < -0.4 is 9.47 Å². The zero-order valence-corrected chi connectivity index (χ0v) is 25.6. The molecule has 1 aliphatic rings. The first-order valence-corrected chi connectivity index (χ1v) is 14.1. The Balaban J connectivity index is 1.51. The minimum Gasteiger partial charge on any atom is -0.488 e. The summed E-state index contributed by atoms with van der Waals surface area (Å²) in [7, 11) is 0. The maximum atomic E-state index is 15.1. The topological polar surface area (TPSA) is 83.0 Å². The minimum atomic E-state index is -4.87.